The molecule has 1 aromatic heterocycles. The zero-order valence-electron chi connectivity index (χ0n) is 16.7. The van der Waals surface area contributed by atoms with Gasteiger partial charge in [0.25, 0.3) is 0 Å². The van der Waals surface area contributed by atoms with Crippen molar-refractivity contribution < 1.29 is 13.2 Å². The number of rotatable bonds is 6. The van der Waals surface area contributed by atoms with Crippen molar-refractivity contribution in [2.75, 3.05) is 13.1 Å². The van der Waals surface area contributed by atoms with Gasteiger partial charge in [-0.2, -0.15) is 0 Å². The Morgan fingerprint density at radius 1 is 1.20 bits per heavy atom. The molecule has 0 aliphatic carbocycles. The van der Waals surface area contributed by atoms with Crippen molar-refractivity contribution in [1.29, 1.82) is 0 Å². The summed E-state index contributed by atoms with van der Waals surface area (Å²) in [5.41, 5.74) is 1.83. The topological polar surface area (TPSA) is 71.4 Å². The summed E-state index contributed by atoms with van der Waals surface area (Å²) in [6, 6.07) is 16.5. The van der Waals surface area contributed by atoms with E-state index in [-0.39, 0.29) is 19.0 Å². The molecule has 1 amide bonds. The molecule has 30 heavy (non-hydrogen) atoms. The molecule has 1 saturated heterocycles. The molecular weight excluding hydrogens is 422 g/mol. The van der Waals surface area contributed by atoms with Crippen LogP contribution in [0.3, 0.4) is 0 Å². The standard InChI is InChI=1S/C22H24ClN3O3S/c1-16(26-12-9-18-13-19(23)7-8-21(18)26)22(27)25-11-10-20(15-25)30(28,29)24-14-17-5-3-2-4-6-17/h2-9,12-13,16,20,24H,10-11,14-15H2,1H3. The molecule has 0 radical (unpaired) electrons. The minimum absolute atomic E-state index is 0.0804. The lowest BCUT2D eigenvalue weighted by Gasteiger charge is -2.23. The quantitative estimate of drug-likeness (QED) is 0.630. The number of fused-ring (bicyclic) bond motifs is 1. The Bertz CT molecular complexity index is 1160. The van der Waals surface area contributed by atoms with Gasteiger partial charge in [-0.25, -0.2) is 13.1 Å². The molecule has 158 valence electrons. The van der Waals surface area contributed by atoms with Crippen LogP contribution in [-0.4, -0.2) is 42.1 Å². The van der Waals surface area contributed by atoms with Crippen LogP contribution in [0.5, 0.6) is 0 Å². The lowest BCUT2D eigenvalue weighted by atomic mass is 10.2. The van der Waals surface area contributed by atoms with Crippen LogP contribution in [0.1, 0.15) is 24.9 Å². The maximum atomic E-state index is 13.1. The third-order valence-electron chi connectivity index (χ3n) is 5.67. The molecule has 8 heteroatoms. The molecule has 1 N–H and O–H groups in total. The highest BCUT2D eigenvalue weighted by molar-refractivity contribution is 7.90. The summed E-state index contributed by atoms with van der Waals surface area (Å²) >= 11 is 6.05. The van der Waals surface area contributed by atoms with E-state index < -0.39 is 21.3 Å². The van der Waals surface area contributed by atoms with E-state index >= 15 is 0 Å². The van der Waals surface area contributed by atoms with Crippen molar-refractivity contribution in [1.82, 2.24) is 14.2 Å². The molecule has 0 saturated carbocycles. The largest absolute Gasteiger partial charge is 0.340 e. The Morgan fingerprint density at radius 2 is 1.97 bits per heavy atom. The second-order valence-electron chi connectivity index (χ2n) is 7.65. The lowest BCUT2D eigenvalue weighted by Crippen LogP contribution is -2.39. The first-order chi connectivity index (χ1) is 14.3. The lowest BCUT2D eigenvalue weighted by molar-refractivity contribution is -0.133. The second-order valence-corrected chi connectivity index (χ2v) is 10.1. The van der Waals surface area contributed by atoms with Crippen LogP contribution < -0.4 is 4.72 Å². The van der Waals surface area contributed by atoms with Gasteiger partial charge in [0, 0.05) is 41.8 Å². The van der Waals surface area contributed by atoms with Gasteiger partial charge >= 0.3 is 0 Å². The zero-order valence-corrected chi connectivity index (χ0v) is 18.2. The molecule has 1 aliphatic rings. The minimum Gasteiger partial charge on any atom is -0.340 e. The van der Waals surface area contributed by atoms with E-state index in [2.05, 4.69) is 4.72 Å². The van der Waals surface area contributed by atoms with Gasteiger partial charge in [-0.3, -0.25) is 4.79 Å². The number of halogens is 1. The van der Waals surface area contributed by atoms with Crippen LogP contribution in [0.4, 0.5) is 0 Å². The summed E-state index contributed by atoms with van der Waals surface area (Å²) in [5, 5.41) is 1.02. The van der Waals surface area contributed by atoms with Crippen LogP contribution >= 0.6 is 11.6 Å². The van der Waals surface area contributed by atoms with Crippen molar-refractivity contribution in [3.8, 4) is 0 Å². The summed E-state index contributed by atoms with van der Waals surface area (Å²) < 4.78 is 30.0. The zero-order chi connectivity index (χ0) is 21.3. The van der Waals surface area contributed by atoms with E-state index in [9.17, 15) is 13.2 Å². The van der Waals surface area contributed by atoms with Gasteiger partial charge in [-0.05, 0) is 43.2 Å². The molecule has 2 atom stereocenters. The Hall–Kier alpha value is -2.35. The number of likely N-dealkylation sites (tertiary alicyclic amines) is 1. The molecule has 1 fully saturated rings. The molecule has 2 aromatic carbocycles. The number of aromatic nitrogens is 1. The fraction of sp³-hybridized carbons (Fsp3) is 0.318. The molecule has 3 aromatic rings. The second kappa shape index (κ2) is 8.41. The Labute approximate surface area is 181 Å². The highest BCUT2D eigenvalue weighted by Gasteiger charge is 2.36. The predicted molar refractivity (Wildman–Crippen MR) is 119 cm³/mol. The van der Waals surface area contributed by atoms with Gasteiger partial charge in [-0.15, -0.1) is 0 Å². The van der Waals surface area contributed by atoms with Gasteiger partial charge in [-0.1, -0.05) is 41.9 Å². The van der Waals surface area contributed by atoms with Crippen molar-refractivity contribution in [3.63, 3.8) is 0 Å². The predicted octanol–water partition coefficient (Wildman–Crippen LogP) is 3.58. The van der Waals surface area contributed by atoms with E-state index in [1.807, 2.05) is 66.2 Å². The number of hydrogen-bond donors (Lipinski definition) is 1. The van der Waals surface area contributed by atoms with E-state index in [0.717, 1.165) is 16.5 Å². The van der Waals surface area contributed by atoms with Crippen LogP contribution in [0.15, 0.2) is 60.8 Å². The Morgan fingerprint density at radius 3 is 2.73 bits per heavy atom. The number of nitrogens with zero attached hydrogens (tertiary/aromatic N) is 2. The van der Waals surface area contributed by atoms with E-state index in [4.69, 9.17) is 11.6 Å². The van der Waals surface area contributed by atoms with E-state index in [1.165, 1.54) is 0 Å². The molecule has 0 bridgehead atoms. The first kappa shape index (κ1) is 20.9. The molecule has 6 nitrogen and oxygen atoms in total. The van der Waals surface area contributed by atoms with E-state index in [0.29, 0.717) is 18.0 Å². The van der Waals surface area contributed by atoms with Crippen LogP contribution in [0.2, 0.25) is 5.02 Å². The SMILES string of the molecule is CC(C(=O)N1CCC(S(=O)(=O)NCc2ccccc2)C1)n1ccc2cc(Cl)ccc21. The summed E-state index contributed by atoms with van der Waals surface area (Å²) in [7, 11) is -3.51. The normalized spacial score (nSPS) is 18.1. The maximum absolute atomic E-state index is 13.1. The molecule has 2 unspecified atom stereocenters. The summed E-state index contributed by atoms with van der Waals surface area (Å²) in [4.78, 5) is 14.7. The maximum Gasteiger partial charge on any atom is 0.245 e. The van der Waals surface area contributed by atoms with Crippen molar-refractivity contribution in [2.24, 2.45) is 0 Å². The highest BCUT2D eigenvalue weighted by Crippen LogP contribution is 2.26. The fourth-order valence-corrected chi connectivity index (χ4v) is 5.51. The summed E-state index contributed by atoms with van der Waals surface area (Å²) in [6.45, 7) is 2.73. The minimum atomic E-state index is -3.51. The van der Waals surface area contributed by atoms with Crippen LogP contribution in [-0.2, 0) is 21.4 Å². The van der Waals surface area contributed by atoms with Crippen molar-refractivity contribution in [2.45, 2.75) is 31.2 Å². The van der Waals surface area contributed by atoms with Crippen molar-refractivity contribution in [3.05, 3.63) is 71.4 Å². The van der Waals surface area contributed by atoms with E-state index in [1.54, 1.807) is 11.0 Å². The molecule has 0 spiro atoms. The number of nitrogens with one attached hydrogen (secondary N) is 1. The van der Waals surface area contributed by atoms with Crippen LogP contribution in [0.25, 0.3) is 10.9 Å². The number of sulfonamides is 1. The molecular formula is C22H24ClN3O3S. The number of benzene rings is 2. The highest BCUT2D eigenvalue weighted by atomic mass is 35.5. The third kappa shape index (κ3) is 4.24. The number of carbonyl (C=O) groups is 1. The van der Waals surface area contributed by atoms with Gasteiger partial charge in [0.2, 0.25) is 15.9 Å². The average Bonchev–Trinajstić information content (AvgIpc) is 3.39. The number of hydrogen-bond acceptors (Lipinski definition) is 3. The fourth-order valence-electron chi connectivity index (χ4n) is 3.94. The summed E-state index contributed by atoms with van der Waals surface area (Å²) in [5.74, 6) is -0.0804. The van der Waals surface area contributed by atoms with Crippen LogP contribution in [0, 0.1) is 0 Å². The van der Waals surface area contributed by atoms with Crippen molar-refractivity contribution >= 4 is 38.4 Å². The van der Waals surface area contributed by atoms with Gasteiger partial charge in [0.15, 0.2) is 0 Å². The third-order valence-corrected chi connectivity index (χ3v) is 7.72. The Balaban J connectivity index is 1.42. The average molecular weight is 446 g/mol. The monoisotopic (exact) mass is 445 g/mol. The van der Waals surface area contributed by atoms with Gasteiger partial charge in [0.05, 0.1) is 5.25 Å². The van der Waals surface area contributed by atoms with Gasteiger partial charge < -0.3 is 9.47 Å². The first-order valence-electron chi connectivity index (χ1n) is 9.92. The Kier molecular flexibility index (Phi) is 5.86. The molecule has 4 rings (SSSR count). The number of amides is 1. The molecule has 2 heterocycles. The molecule has 1 aliphatic heterocycles. The number of carbonyl (C=O) groups excluding carboxylic acids is 1. The summed E-state index contributed by atoms with van der Waals surface area (Å²) in [6.07, 6.45) is 2.31. The van der Waals surface area contributed by atoms with Gasteiger partial charge in [0.1, 0.15) is 6.04 Å². The first-order valence-corrected chi connectivity index (χ1v) is 11.8. The smallest absolute Gasteiger partial charge is 0.245 e.